The van der Waals surface area contributed by atoms with Gasteiger partial charge in [-0.05, 0) is 23.7 Å². The van der Waals surface area contributed by atoms with Crippen LogP contribution in [0.3, 0.4) is 0 Å². The van der Waals surface area contributed by atoms with Gasteiger partial charge in [-0.1, -0.05) is 19.0 Å². The van der Waals surface area contributed by atoms with E-state index in [0.29, 0.717) is 23.5 Å². The lowest BCUT2D eigenvalue weighted by atomic mass is 10.2. The van der Waals surface area contributed by atoms with Crippen molar-refractivity contribution in [3.05, 3.63) is 34.9 Å². The largest absolute Gasteiger partial charge is 0.448 e. The monoisotopic (exact) mass is 240 g/mol. The van der Waals surface area contributed by atoms with Crippen molar-refractivity contribution in [2.75, 3.05) is 5.32 Å². The second-order valence-electron chi connectivity index (χ2n) is 3.83. The van der Waals surface area contributed by atoms with Crippen LogP contribution in [0.2, 0.25) is 5.22 Å². The highest BCUT2D eigenvalue weighted by Gasteiger charge is 2.07. The fourth-order valence-electron chi connectivity index (χ4n) is 1.27. The van der Waals surface area contributed by atoms with Crippen LogP contribution in [0.4, 0.5) is 5.82 Å². The van der Waals surface area contributed by atoms with Crippen LogP contribution in [-0.2, 0) is 6.54 Å². The van der Waals surface area contributed by atoms with E-state index in [4.69, 9.17) is 20.5 Å². The molecule has 86 valence electrons. The van der Waals surface area contributed by atoms with Crippen LogP contribution < -0.4 is 5.32 Å². The predicted octanol–water partition coefficient (Wildman–Crippen LogP) is 3.66. The first-order chi connectivity index (χ1) is 7.65. The van der Waals surface area contributed by atoms with Crippen molar-refractivity contribution in [3.8, 4) is 0 Å². The van der Waals surface area contributed by atoms with E-state index >= 15 is 0 Å². The molecule has 2 rings (SSSR count). The third kappa shape index (κ3) is 2.58. The molecule has 2 heterocycles. The van der Waals surface area contributed by atoms with Crippen molar-refractivity contribution in [1.29, 1.82) is 0 Å². The summed E-state index contributed by atoms with van der Waals surface area (Å²) in [4.78, 5) is 0. The predicted molar refractivity (Wildman–Crippen MR) is 61.6 cm³/mol. The van der Waals surface area contributed by atoms with E-state index in [9.17, 15) is 0 Å². The normalized spacial score (nSPS) is 11.0. The first-order valence-corrected chi connectivity index (χ1v) is 5.47. The van der Waals surface area contributed by atoms with Crippen molar-refractivity contribution in [1.82, 2.24) is 5.16 Å². The molecule has 0 fully saturated rings. The Hall–Kier alpha value is -1.42. The van der Waals surface area contributed by atoms with Gasteiger partial charge in [0.15, 0.2) is 11.0 Å². The SMILES string of the molecule is CC(C)c1cc(NCc2ccc(Cl)o2)no1. The Bertz CT molecular complexity index is 462. The number of hydrogen-bond donors (Lipinski definition) is 1. The Kier molecular flexibility index (Phi) is 3.19. The maximum absolute atomic E-state index is 5.66. The number of anilines is 1. The third-order valence-electron chi connectivity index (χ3n) is 2.17. The Labute approximate surface area is 98.6 Å². The lowest BCUT2D eigenvalue weighted by Gasteiger charge is -1.97. The zero-order valence-corrected chi connectivity index (χ0v) is 9.91. The standard InChI is InChI=1S/C11H13ClN2O2/c1-7(2)9-5-11(14-16-9)13-6-8-3-4-10(12)15-8/h3-5,7H,6H2,1-2H3,(H,13,14). The minimum Gasteiger partial charge on any atom is -0.448 e. The summed E-state index contributed by atoms with van der Waals surface area (Å²) in [5.74, 6) is 2.66. The smallest absolute Gasteiger partial charge is 0.193 e. The molecule has 0 aliphatic heterocycles. The molecule has 16 heavy (non-hydrogen) atoms. The van der Waals surface area contributed by atoms with Gasteiger partial charge < -0.3 is 14.3 Å². The van der Waals surface area contributed by atoms with Gasteiger partial charge in [0.25, 0.3) is 0 Å². The van der Waals surface area contributed by atoms with Crippen LogP contribution in [0.1, 0.15) is 31.3 Å². The Morgan fingerprint density at radius 1 is 1.44 bits per heavy atom. The van der Waals surface area contributed by atoms with E-state index in [1.807, 2.05) is 12.1 Å². The van der Waals surface area contributed by atoms with E-state index in [0.717, 1.165) is 11.5 Å². The zero-order valence-electron chi connectivity index (χ0n) is 9.16. The molecule has 2 aromatic rings. The lowest BCUT2D eigenvalue weighted by molar-refractivity contribution is 0.373. The summed E-state index contributed by atoms with van der Waals surface area (Å²) in [6.45, 7) is 4.64. The molecule has 0 radical (unpaired) electrons. The van der Waals surface area contributed by atoms with Gasteiger partial charge in [-0.2, -0.15) is 0 Å². The molecule has 1 N–H and O–H groups in total. The van der Waals surface area contributed by atoms with Gasteiger partial charge in [-0.3, -0.25) is 0 Å². The van der Waals surface area contributed by atoms with E-state index in [1.54, 1.807) is 6.07 Å². The molecule has 0 aliphatic carbocycles. The van der Waals surface area contributed by atoms with Crippen molar-refractivity contribution in [2.24, 2.45) is 0 Å². The lowest BCUT2D eigenvalue weighted by Crippen LogP contribution is -1.97. The number of nitrogens with one attached hydrogen (secondary N) is 1. The molecule has 2 aromatic heterocycles. The minimum atomic E-state index is 0.334. The second-order valence-corrected chi connectivity index (χ2v) is 4.20. The molecule has 5 heteroatoms. The van der Waals surface area contributed by atoms with Crippen LogP contribution in [0.5, 0.6) is 0 Å². The topological polar surface area (TPSA) is 51.2 Å². The molecular weight excluding hydrogens is 228 g/mol. The summed E-state index contributed by atoms with van der Waals surface area (Å²) in [6.07, 6.45) is 0. The van der Waals surface area contributed by atoms with Crippen LogP contribution in [0.25, 0.3) is 0 Å². The maximum Gasteiger partial charge on any atom is 0.193 e. The number of nitrogens with zero attached hydrogens (tertiary/aromatic N) is 1. The summed E-state index contributed by atoms with van der Waals surface area (Å²) in [7, 11) is 0. The molecule has 0 aliphatic rings. The van der Waals surface area contributed by atoms with E-state index < -0.39 is 0 Å². The molecular formula is C11H13ClN2O2. The van der Waals surface area contributed by atoms with Gasteiger partial charge in [0, 0.05) is 12.0 Å². The zero-order chi connectivity index (χ0) is 11.5. The Balaban J connectivity index is 1.94. The first-order valence-electron chi connectivity index (χ1n) is 5.10. The first kappa shape index (κ1) is 11.1. The van der Waals surface area contributed by atoms with E-state index in [1.165, 1.54) is 0 Å². The third-order valence-corrected chi connectivity index (χ3v) is 2.37. The minimum absolute atomic E-state index is 0.334. The van der Waals surface area contributed by atoms with E-state index in [2.05, 4.69) is 24.3 Å². The number of furan rings is 1. The van der Waals surface area contributed by atoms with Gasteiger partial charge in [-0.15, -0.1) is 0 Å². The van der Waals surface area contributed by atoms with Crippen molar-refractivity contribution in [2.45, 2.75) is 26.3 Å². The average molecular weight is 241 g/mol. The van der Waals surface area contributed by atoms with Gasteiger partial charge in [0.2, 0.25) is 0 Å². The summed E-state index contributed by atoms with van der Waals surface area (Å²) >= 11 is 5.66. The molecule has 0 aromatic carbocycles. The molecule has 0 bridgehead atoms. The summed E-state index contributed by atoms with van der Waals surface area (Å²) in [5, 5.41) is 7.38. The molecule has 0 saturated heterocycles. The fraction of sp³-hybridized carbons (Fsp3) is 0.364. The van der Waals surface area contributed by atoms with Crippen molar-refractivity contribution in [3.63, 3.8) is 0 Å². The fourth-order valence-corrected chi connectivity index (χ4v) is 1.43. The van der Waals surface area contributed by atoms with E-state index in [-0.39, 0.29) is 0 Å². The summed E-state index contributed by atoms with van der Waals surface area (Å²) in [5.41, 5.74) is 0. The van der Waals surface area contributed by atoms with Gasteiger partial charge in [-0.25, -0.2) is 0 Å². The number of hydrogen-bond acceptors (Lipinski definition) is 4. The Morgan fingerprint density at radius 2 is 2.25 bits per heavy atom. The van der Waals surface area contributed by atoms with Crippen LogP contribution >= 0.6 is 11.6 Å². The summed E-state index contributed by atoms with van der Waals surface area (Å²) < 4.78 is 10.4. The number of halogens is 1. The number of rotatable bonds is 4. The van der Waals surface area contributed by atoms with Gasteiger partial charge in [0.1, 0.15) is 11.5 Å². The molecule has 0 amide bonds. The molecule has 0 unspecified atom stereocenters. The number of aromatic nitrogens is 1. The van der Waals surface area contributed by atoms with Crippen LogP contribution in [-0.4, -0.2) is 5.16 Å². The average Bonchev–Trinajstić information content (AvgIpc) is 2.83. The van der Waals surface area contributed by atoms with Crippen LogP contribution in [0.15, 0.2) is 27.1 Å². The van der Waals surface area contributed by atoms with Crippen LogP contribution in [0, 0.1) is 0 Å². The van der Waals surface area contributed by atoms with Gasteiger partial charge >= 0.3 is 0 Å². The summed E-state index contributed by atoms with van der Waals surface area (Å²) in [6, 6.07) is 5.41. The highest BCUT2D eigenvalue weighted by atomic mass is 35.5. The molecule has 0 atom stereocenters. The molecule has 4 nitrogen and oxygen atoms in total. The second kappa shape index (κ2) is 4.61. The highest BCUT2D eigenvalue weighted by Crippen LogP contribution is 2.19. The van der Waals surface area contributed by atoms with Gasteiger partial charge in [0.05, 0.1) is 6.54 Å². The molecule has 0 saturated carbocycles. The quantitative estimate of drug-likeness (QED) is 0.886. The van der Waals surface area contributed by atoms with Crippen molar-refractivity contribution < 1.29 is 8.94 Å². The Morgan fingerprint density at radius 3 is 2.81 bits per heavy atom. The molecule has 0 spiro atoms. The van der Waals surface area contributed by atoms with Crippen molar-refractivity contribution >= 4 is 17.4 Å². The maximum atomic E-state index is 5.66. The highest BCUT2D eigenvalue weighted by molar-refractivity contribution is 6.28.